The summed E-state index contributed by atoms with van der Waals surface area (Å²) in [5, 5.41) is 9.59. The molecule has 0 unspecified atom stereocenters. The fraction of sp³-hybridized carbons (Fsp3) is 0.250. The molecule has 0 saturated heterocycles. The molecular weight excluding hydrogens is 382 g/mol. The van der Waals surface area contributed by atoms with Crippen LogP contribution in [-0.4, -0.2) is 33.1 Å². The molecule has 0 bridgehead atoms. The van der Waals surface area contributed by atoms with Gasteiger partial charge in [-0.2, -0.15) is 0 Å². The summed E-state index contributed by atoms with van der Waals surface area (Å²) in [4.78, 5) is 11.9. The minimum Gasteiger partial charge on any atom is -0.468 e. The van der Waals surface area contributed by atoms with Gasteiger partial charge in [-0.1, -0.05) is 47.6 Å². The molecule has 0 aliphatic carbocycles. The van der Waals surface area contributed by atoms with Crippen LogP contribution in [0.25, 0.3) is 17.1 Å². The van der Waals surface area contributed by atoms with Gasteiger partial charge in [0.25, 0.3) is 0 Å². The van der Waals surface area contributed by atoms with Gasteiger partial charge in [0.15, 0.2) is 11.0 Å². The van der Waals surface area contributed by atoms with E-state index in [4.69, 9.17) is 16.3 Å². The highest BCUT2D eigenvalue weighted by molar-refractivity contribution is 8.00. The third kappa shape index (κ3) is 4.17. The van der Waals surface area contributed by atoms with Gasteiger partial charge in [0.2, 0.25) is 0 Å². The van der Waals surface area contributed by atoms with E-state index in [0.29, 0.717) is 16.0 Å². The highest BCUT2D eigenvalue weighted by atomic mass is 35.5. The lowest BCUT2D eigenvalue weighted by atomic mass is 10.1. The van der Waals surface area contributed by atoms with Crippen LogP contribution in [0.15, 0.2) is 47.6 Å². The van der Waals surface area contributed by atoms with E-state index in [1.54, 1.807) is 6.92 Å². The van der Waals surface area contributed by atoms with E-state index >= 15 is 0 Å². The van der Waals surface area contributed by atoms with E-state index in [-0.39, 0.29) is 5.97 Å². The Kier molecular flexibility index (Phi) is 5.87. The predicted octanol–water partition coefficient (Wildman–Crippen LogP) is 4.86. The second-order valence-electron chi connectivity index (χ2n) is 6.23. The molecule has 2 aromatic carbocycles. The van der Waals surface area contributed by atoms with Gasteiger partial charge >= 0.3 is 5.97 Å². The van der Waals surface area contributed by atoms with Crippen molar-refractivity contribution in [3.63, 3.8) is 0 Å². The van der Waals surface area contributed by atoms with Crippen LogP contribution in [0.3, 0.4) is 0 Å². The monoisotopic (exact) mass is 401 g/mol. The Morgan fingerprint density at radius 2 is 1.96 bits per heavy atom. The lowest BCUT2D eigenvalue weighted by molar-refractivity contribution is -0.139. The second-order valence-corrected chi connectivity index (χ2v) is 7.97. The molecule has 0 saturated carbocycles. The Morgan fingerprint density at radius 1 is 1.19 bits per heavy atom. The molecule has 1 aromatic heterocycles. The largest absolute Gasteiger partial charge is 0.468 e. The molecule has 0 radical (unpaired) electrons. The van der Waals surface area contributed by atoms with Gasteiger partial charge in [0.05, 0.1) is 12.8 Å². The molecule has 0 fully saturated rings. The first kappa shape index (κ1) is 19.5. The summed E-state index contributed by atoms with van der Waals surface area (Å²) in [7, 11) is 1.38. The Hall–Kier alpha value is -2.31. The standard InChI is InChI=1S/C20H20ClN3O2S/c1-12-8-9-13(2)17(10-12)24-18(15-6-5-7-16(21)11-15)22-23-20(24)27-14(3)19(25)26-4/h5-11,14H,1-4H3/t14-/m1/s1. The highest BCUT2D eigenvalue weighted by Crippen LogP contribution is 2.32. The average molecular weight is 402 g/mol. The number of aryl methyl sites for hydroxylation is 2. The van der Waals surface area contributed by atoms with E-state index in [0.717, 1.165) is 22.4 Å². The fourth-order valence-corrected chi connectivity index (χ4v) is 3.79. The number of methoxy groups -OCH3 is 1. The number of thioether (sulfide) groups is 1. The Morgan fingerprint density at radius 3 is 2.67 bits per heavy atom. The third-order valence-corrected chi connectivity index (χ3v) is 5.39. The van der Waals surface area contributed by atoms with Gasteiger partial charge in [-0.3, -0.25) is 9.36 Å². The summed E-state index contributed by atoms with van der Waals surface area (Å²) >= 11 is 7.49. The topological polar surface area (TPSA) is 57.0 Å². The fourth-order valence-electron chi connectivity index (χ4n) is 2.71. The van der Waals surface area contributed by atoms with Gasteiger partial charge in [0, 0.05) is 10.6 Å². The number of ether oxygens (including phenoxy) is 1. The predicted molar refractivity (Wildman–Crippen MR) is 109 cm³/mol. The number of nitrogens with zero attached hydrogens (tertiary/aromatic N) is 3. The summed E-state index contributed by atoms with van der Waals surface area (Å²) in [6, 6.07) is 13.7. The van der Waals surface area contributed by atoms with Gasteiger partial charge in [0.1, 0.15) is 5.25 Å². The minimum absolute atomic E-state index is 0.306. The number of aromatic nitrogens is 3. The summed E-state index contributed by atoms with van der Waals surface area (Å²) in [5.74, 6) is 0.366. The number of carbonyl (C=O) groups is 1. The minimum atomic E-state index is -0.407. The van der Waals surface area contributed by atoms with Gasteiger partial charge < -0.3 is 4.74 Å². The van der Waals surface area contributed by atoms with Crippen LogP contribution in [-0.2, 0) is 9.53 Å². The second kappa shape index (κ2) is 8.15. The third-order valence-electron chi connectivity index (χ3n) is 4.14. The van der Waals surface area contributed by atoms with E-state index in [9.17, 15) is 4.79 Å². The maximum absolute atomic E-state index is 11.9. The molecule has 0 aliphatic heterocycles. The van der Waals surface area contributed by atoms with E-state index in [1.165, 1.54) is 18.9 Å². The first-order valence-corrected chi connectivity index (χ1v) is 9.70. The number of halogens is 1. The maximum atomic E-state index is 11.9. The molecular formula is C20H20ClN3O2S. The van der Waals surface area contributed by atoms with E-state index in [1.807, 2.05) is 42.7 Å². The van der Waals surface area contributed by atoms with Crippen LogP contribution in [0.1, 0.15) is 18.1 Å². The summed E-state index contributed by atoms with van der Waals surface area (Å²) < 4.78 is 6.82. The summed E-state index contributed by atoms with van der Waals surface area (Å²) in [6.45, 7) is 5.86. The molecule has 1 heterocycles. The molecule has 3 rings (SSSR count). The van der Waals surface area contributed by atoms with Crippen molar-refractivity contribution >= 4 is 29.3 Å². The lowest BCUT2D eigenvalue weighted by Gasteiger charge is -2.15. The van der Waals surface area contributed by atoms with Gasteiger partial charge in [-0.25, -0.2) is 0 Å². The smallest absolute Gasteiger partial charge is 0.318 e. The number of benzene rings is 2. The van der Waals surface area contributed by atoms with Gasteiger partial charge in [-0.05, 0) is 50.1 Å². The molecule has 0 aliphatic rings. The summed E-state index contributed by atoms with van der Waals surface area (Å²) in [5.41, 5.74) is 4.03. The van der Waals surface area contributed by atoms with E-state index in [2.05, 4.69) is 28.4 Å². The van der Waals surface area contributed by atoms with Gasteiger partial charge in [-0.15, -0.1) is 10.2 Å². The van der Waals surface area contributed by atoms with Crippen molar-refractivity contribution in [3.05, 3.63) is 58.6 Å². The lowest BCUT2D eigenvalue weighted by Crippen LogP contribution is -2.15. The van der Waals surface area contributed by atoms with Crippen molar-refractivity contribution in [2.45, 2.75) is 31.2 Å². The van der Waals surface area contributed by atoms with Crippen LogP contribution in [0, 0.1) is 13.8 Å². The molecule has 0 amide bonds. The van der Waals surface area contributed by atoms with Crippen molar-refractivity contribution in [1.82, 2.24) is 14.8 Å². The highest BCUT2D eigenvalue weighted by Gasteiger charge is 2.23. The number of hydrogen-bond donors (Lipinski definition) is 0. The molecule has 0 N–H and O–H groups in total. The number of carbonyl (C=O) groups excluding carboxylic acids is 1. The molecule has 0 spiro atoms. The zero-order chi connectivity index (χ0) is 19.6. The zero-order valence-electron chi connectivity index (χ0n) is 15.6. The molecule has 1 atom stereocenters. The number of rotatable bonds is 5. The van der Waals surface area contributed by atoms with E-state index < -0.39 is 5.25 Å². The average Bonchev–Trinajstić information content (AvgIpc) is 3.06. The molecule has 3 aromatic rings. The van der Waals surface area contributed by atoms with Crippen LogP contribution in [0.2, 0.25) is 5.02 Å². The van der Waals surface area contributed by atoms with Crippen LogP contribution >= 0.6 is 23.4 Å². The SMILES string of the molecule is COC(=O)[C@@H](C)Sc1nnc(-c2cccc(Cl)c2)n1-c1cc(C)ccc1C. The zero-order valence-corrected chi connectivity index (χ0v) is 17.1. The number of esters is 1. The Labute approximate surface area is 167 Å². The molecule has 7 heteroatoms. The van der Waals surface area contributed by atoms with Crippen molar-refractivity contribution in [3.8, 4) is 17.1 Å². The van der Waals surface area contributed by atoms with Crippen molar-refractivity contribution in [2.24, 2.45) is 0 Å². The van der Waals surface area contributed by atoms with Crippen molar-refractivity contribution in [1.29, 1.82) is 0 Å². The number of hydrogen-bond acceptors (Lipinski definition) is 5. The first-order valence-electron chi connectivity index (χ1n) is 8.44. The molecule has 140 valence electrons. The Bertz CT molecular complexity index is 987. The van der Waals surface area contributed by atoms with Crippen LogP contribution < -0.4 is 0 Å². The quantitative estimate of drug-likeness (QED) is 0.451. The Balaban J connectivity index is 2.18. The summed E-state index contributed by atoms with van der Waals surface area (Å²) in [6.07, 6.45) is 0. The maximum Gasteiger partial charge on any atom is 0.318 e. The first-order chi connectivity index (χ1) is 12.9. The molecule has 27 heavy (non-hydrogen) atoms. The van der Waals surface area contributed by atoms with Crippen molar-refractivity contribution < 1.29 is 9.53 Å². The van der Waals surface area contributed by atoms with Crippen LogP contribution in [0.5, 0.6) is 0 Å². The van der Waals surface area contributed by atoms with Crippen LogP contribution in [0.4, 0.5) is 0 Å². The molecule has 5 nitrogen and oxygen atoms in total. The normalized spacial score (nSPS) is 12.0. The van der Waals surface area contributed by atoms with Crippen molar-refractivity contribution in [2.75, 3.05) is 7.11 Å².